The van der Waals surface area contributed by atoms with E-state index in [1.807, 2.05) is 0 Å². The largest absolute Gasteiger partial charge is 0.304 e. The van der Waals surface area contributed by atoms with Gasteiger partial charge in [-0.1, -0.05) is 13.3 Å². The fourth-order valence-electron chi connectivity index (χ4n) is 1.79. The molecule has 0 aromatic carbocycles. The number of likely N-dealkylation sites (N-methyl/N-ethyl adjacent to an activating group) is 1. The molecule has 1 atom stereocenters. The number of nitrogens with zero attached hydrogens (tertiary/aromatic N) is 2. The number of hydrogen-bond donors (Lipinski definition) is 0. The summed E-state index contributed by atoms with van der Waals surface area (Å²) in [5, 5.41) is 0. The van der Waals surface area contributed by atoms with E-state index in [0.717, 1.165) is 45.3 Å². The summed E-state index contributed by atoms with van der Waals surface area (Å²) < 4.78 is 0. The van der Waals surface area contributed by atoms with Crippen LogP contribution in [0.1, 0.15) is 19.8 Å². The second-order valence-electron chi connectivity index (χ2n) is 3.83. The van der Waals surface area contributed by atoms with Crippen LogP contribution in [0.2, 0.25) is 0 Å². The summed E-state index contributed by atoms with van der Waals surface area (Å²) in [6.07, 6.45) is 3.21. The van der Waals surface area contributed by atoms with Gasteiger partial charge < -0.3 is 9.69 Å². The lowest BCUT2D eigenvalue weighted by molar-refractivity contribution is -0.113. The third kappa shape index (κ3) is 3.08. The first-order valence-corrected chi connectivity index (χ1v) is 5.15. The Hall–Kier alpha value is -0.410. The van der Waals surface area contributed by atoms with Crippen molar-refractivity contribution in [3.8, 4) is 0 Å². The highest BCUT2D eigenvalue weighted by molar-refractivity contribution is 5.57. The van der Waals surface area contributed by atoms with Gasteiger partial charge in [-0.05, 0) is 13.5 Å². The van der Waals surface area contributed by atoms with Crippen molar-refractivity contribution in [2.75, 3.05) is 33.2 Å². The summed E-state index contributed by atoms with van der Waals surface area (Å²) in [6, 6.07) is 0.165. The highest BCUT2D eigenvalue weighted by Crippen LogP contribution is 2.08. The molecule has 0 amide bonds. The van der Waals surface area contributed by atoms with E-state index >= 15 is 0 Å². The van der Waals surface area contributed by atoms with Crippen LogP contribution in [0, 0.1) is 0 Å². The van der Waals surface area contributed by atoms with Gasteiger partial charge in [0.15, 0.2) is 0 Å². The van der Waals surface area contributed by atoms with Crippen LogP contribution in [0.5, 0.6) is 0 Å². The summed E-state index contributed by atoms with van der Waals surface area (Å²) in [5.41, 5.74) is 0. The van der Waals surface area contributed by atoms with Crippen molar-refractivity contribution in [1.82, 2.24) is 9.80 Å². The van der Waals surface area contributed by atoms with E-state index in [0.29, 0.717) is 0 Å². The van der Waals surface area contributed by atoms with Gasteiger partial charge in [-0.25, -0.2) is 0 Å². The molecule has 1 rings (SSSR count). The highest BCUT2D eigenvalue weighted by atomic mass is 16.1. The van der Waals surface area contributed by atoms with Crippen LogP contribution in [0.25, 0.3) is 0 Å². The lowest BCUT2D eigenvalue weighted by Gasteiger charge is -2.35. The molecular weight excluding hydrogens is 164 g/mol. The number of carbonyl (C=O) groups excluding carboxylic acids is 1. The molecule has 13 heavy (non-hydrogen) atoms. The van der Waals surface area contributed by atoms with Gasteiger partial charge >= 0.3 is 0 Å². The molecule has 0 aliphatic carbocycles. The van der Waals surface area contributed by atoms with Crippen LogP contribution in [-0.2, 0) is 4.79 Å². The SMILES string of the molecule is CCCC(C=O)N1CCN(C)CC1. The van der Waals surface area contributed by atoms with Crippen molar-refractivity contribution in [1.29, 1.82) is 0 Å². The molecule has 1 saturated heterocycles. The zero-order valence-electron chi connectivity index (χ0n) is 8.70. The predicted octanol–water partition coefficient (Wildman–Crippen LogP) is 0.601. The smallest absolute Gasteiger partial charge is 0.137 e. The summed E-state index contributed by atoms with van der Waals surface area (Å²) in [4.78, 5) is 15.4. The average molecular weight is 184 g/mol. The molecule has 0 spiro atoms. The Labute approximate surface area is 80.7 Å². The van der Waals surface area contributed by atoms with Crippen molar-refractivity contribution in [2.24, 2.45) is 0 Å². The van der Waals surface area contributed by atoms with E-state index in [1.165, 1.54) is 0 Å². The van der Waals surface area contributed by atoms with Crippen LogP contribution < -0.4 is 0 Å². The van der Waals surface area contributed by atoms with Crippen molar-refractivity contribution in [3.63, 3.8) is 0 Å². The van der Waals surface area contributed by atoms with Crippen molar-refractivity contribution < 1.29 is 4.79 Å². The topological polar surface area (TPSA) is 23.6 Å². The Morgan fingerprint density at radius 2 is 1.92 bits per heavy atom. The number of aldehydes is 1. The minimum atomic E-state index is 0.165. The molecule has 0 aromatic rings. The van der Waals surface area contributed by atoms with E-state index in [-0.39, 0.29) is 6.04 Å². The van der Waals surface area contributed by atoms with Gasteiger partial charge in [-0.15, -0.1) is 0 Å². The van der Waals surface area contributed by atoms with Gasteiger partial charge in [0.05, 0.1) is 6.04 Å². The standard InChI is InChI=1S/C10H20N2O/c1-3-4-10(9-13)12-7-5-11(2)6-8-12/h9-10H,3-8H2,1-2H3. The zero-order chi connectivity index (χ0) is 9.68. The molecule has 1 unspecified atom stereocenters. The first kappa shape index (κ1) is 10.7. The molecule has 0 bridgehead atoms. The minimum absolute atomic E-state index is 0.165. The normalized spacial score (nSPS) is 22.9. The lowest BCUT2D eigenvalue weighted by atomic mass is 10.1. The summed E-state index contributed by atoms with van der Waals surface area (Å²) >= 11 is 0. The van der Waals surface area contributed by atoms with Crippen molar-refractivity contribution in [2.45, 2.75) is 25.8 Å². The Kier molecular flexibility index (Phi) is 4.39. The molecular formula is C10H20N2O. The molecule has 0 aromatic heterocycles. The monoisotopic (exact) mass is 184 g/mol. The zero-order valence-corrected chi connectivity index (χ0v) is 8.70. The van der Waals surface area contributed by atoms with E-state index in [1.54, 1.807) is 0 Å². The van der Waals surface area contributed by atoms with Crippen LogP contribution in [0.15, 0.2) is 0 Å². The summed E-state index contributed by atoms with van der Waals surface area (Å²) in [7, 11) is 2.13. The minimum Gasteiger partial charge on any atom is -0.304 e. The molecule has 0 radical (unpaired) electrons. The van der Waals surface area contributed by atoms with Gasteiger partial charge in [-0.2, -0.15) is 0 Å². The molecule has 1 aliphatic heterocycles. The average Bonchev–Trinajstić information content (AvgIpc) is 2.16. The van der Waals surface area contributed by atoms with Crippen molar-refractivity contribution >= 4 is 6.29 Å². The first-order valence-electron chi connectivity index (χ1n) is 5.15. The van der Waals surface area contributed by atoms with Crippen molar-refractivity contribution in [3.05, 3.63) is 0 Å². The Morgan fingerprint density at radius 1 is 1.31 bits per heavy atom. The summed E-state index contributed by atoms with van der Waals surface area (Å²) in [6.45, 7) is 6.40. The Balaban J connectivity index is 2.36. The number of piperazine rings is 1. The maximum absolute atomic E-state index is 10.8. The van der Waals surface area contributed by atoms with Crippen LogP contribution in [0.3, 0.4) is 0 Å². The predicted molar refractivity (Wildman–Crippen MR) is 53.8 cm³/mol. The van der Waals surface area contributed by atoms with E-state index in [4.69, 9.17) is 0 Å². The highest BCUT2D eigenvalue weighted by Gasteiger charge is 2.20. The fourth-order valence-corrected chi connectivity index (χ4v) is 1.79. The first-order chi connectivity index (χ1) is 6.27. The van der Waals surface area contributed by atoms with Crippen LogP contribution >= 0.6 is 0 Å². The molecule has 0 saturated carbocycles. The maximum Gasteiger partial charge on any atom is 0.137 e. The van der Waals surface area contributed by atoms with Crippen LogP contribution in [0.4, 0.5) is 0 Å². The number of hydrogen-bond acceptors (Lipinski definition) is 3. The van der Waals surface area contributed by atoms with E-state index < -0.39 is 0 Å². The quantitative estimate of drug-likeness (QED) is 0.598. The number of rotatable bonds is 4. The second-order valence-corrected chi connectivity index (χ2v) is 3.83. The van der Waals surface area contributed by atoms with E-state index in [2.05, 4.69) is 23.8 Å². The van der Waals surface area contributed by atoms with Gasteiger partial charge in [-0.3, -0.25) is 4.90 Å². The van der Waals surface area contributed by atoms with Gasteiger partial charge in [0.1, 0.15) is 6.29 Å². The third-order valence-corrected chi connectivity index (χ3v) is 2.75. The molecule has 3 nitrogen and oxygen atoms in total. The number of carbonyl (C=O) groups is 1. The molecule has 1 fully saturated rings. The molecule has 1 heterocycles. The molecule has 76 valence electrons. The van der Waals surface area contributed by atoms with Gasteiger partial charge in [0, 0.05) is 26.2 Å². The lowest BCUT2D eigenvalue weighted by Crippen LogP contribution is -2.49. The van der Waals surface area contributed by atoms with Gasteiger partial charge in [0.25, 0.3) is 0 Å². The maximum atomic E-state index is 10.8. The van der Waals surface area contributed by atoms with E-state index in [9.17, 15) is 4.79 Å². The summed E-state index contributed by atoms with van der Waals surface area (Å²) in [5.74, 6) is 0. The third-order valence-electron chi connectivity index (χ3n) is 2.75. The molecule has 0 N–H and O–H groups in total. The Morgan fingerprint density at radius 3 is 2.38 bits per heavy atom. The fraction of sp³-hybridized carbons (Fsp3) is 0.900. The van der Waals surface area contributed by atoms with Crippen LogP contribution in [-0.4, -0.2) is 55.4 Å². The van der Waals surface area contributed by atoms with Gasteiger partial charge in [0.2, 0.25) is 0 Å². The Bertz CT molecular complexity index is 153. The molecule has 3 heteroatoms. The molecule has 1 aliphatic rings. The second kappa shape index (κ2) is 5.35.